The number of rotatable bonds is 7. The fraction of sp³-hybridized carbons (Fsp3) is 0.500. The van der Waals surface area contributed by atoms with E-state index >= 15 is 0 Å². The molecule has 1 unspecified atom stereocenters. The Hall–Kier alpha value is -2.15. The van der Waals surface area contributed by atoms with Crippen molar-refractivity contribution in [3.63, 3.8) is 0 Å². The molecular formula is C14H21N5O2. The molecule has 0 aliphatic heterocycles. The van der Waals surface area contributed by atoms with E-state index in [9.17, 15) is 0 Å². The topological polar surface area (TPSA) is 74.1 Å². The molecule has 2 aromatic rings. The van der Waals surface area contributed by atoms with E-state index in [4.69, 9.17) is 9.47 Å². The SMILES string of the molecule is CCCNC(C)c1nnnn1-c1ccc(OC)c(OC)c1. The summed E-state index contributed by atoms with van der Waals surface area (Å²) < 4.78 is 12.3. The van der Waals surface area contributed by atoms with Crippen molar-refractivity contribution in [2.75, 3.05) is 20.8 Å². The molecule has 1 atom stereocenters. The van der Waals surface area contributed by atoms with Gasteiger partial charge in [0.15, 0.2) is 17.3 Å². The average molecular weight is 291 g/mol. The second kappa shape index (κ2) is 7.03. The van der Waals surface area contributed by atoms with Crippen LogP contribution in [0.25, 0.3) is 5.69 Å². The minimum Gasteiger partial charge on any atom is -0.493 e. The number of nitrogens with one attached hydrogen (secondary N) is 1. The molecule has 7 nitrogen and oxygen atoms in total. The third-order valence-corrected chi connectivity index (χ3v) is 3.19. The van der Waals surface area contributed by atoms with Gasteiger partial charge in [-0.25, -0.2) is 0 Å². The standard InChI is InChI=1S/C14H21N5O2/c1-5-8-15-10(2)14-16-17-18-19(14)11-6-7-12(20-3)13(9-11)21-4/h6-7,9-10,15H,5,8H2,1-4H3. The van der Waals surface area contributed by atoms with Gasteiger partial charge in [0.25, 0.3) is 0 Å². The minimum absolute atomic E-state index is 0.0630. The molecule has 0 saturated carbocycles. The van der Waals surface area contributed by atoms with Crippen LogP contribution >= 0.6 is 0 Å². The maximum atomic E-state index is 5.32. The largest absolute Gasteiger partial charge is 0.493 e. The first-order valence-corrected chi connectivity index (χ1v) is 6.95. The van der Waals surface area contributed by atoms with Crippen LogP contribution in [0.3, 0.4) is 0 Å². The highest BCUT2D eigenvalue weighted by Crippen LogP contribution is 2.29. The Morgan fingerprint density at radius 2 is 2.00 bits per heavy atom. The fourth-order valence-electron chi connectivity index (χ4n) is 2.06. The molecule has 1 aromatic carbocycles. The number of methoxy groups -OCH3 is 2. The summed E-state index contributed by atoms with van der Waals surface area (Å²) in [6.45, 7) is 5.08. The van der Waals surface area contributed by atoms with E-state index < -0.39 is 0 Å². The lowest BCUT2D eigenvalue weighted by atomic mass is 10.2. The van der Waals surface area contributed by atoms with Crippen LogP contribution < -0.4 is 14.8 Å². The molecule has 1 N–H and O–H groups in total. The van der Waals surface area contributed by atoms with E-state index in [-0.39, 0.29) is 6.04 Å². The Kier molecular flexibility index (Phi) is 5.10. The van der Waals surface area contributed by atoms with Gasteiger partial charge in [-0.2, -0.15) is 4.68 Å². The Bertz CT molecular complexity index is 584. The number of nitrogens with zero attached hydrogens (tertiary/aromatic N) is 4. The Morgan fingerprint density at radius 3 is 2.67 bits per heavy atom. The third kappa shape index (κ3) is 3.30. The normalized spacial score (nSPS) is 12.2. The van der Waals surface area contributed by atoms with E-state index in [1.165, 1.54) is 0 Å². The summed E-state index contributed by atoms with van der Waals surface area (Å²) in [4.78, 5) is 0. The smallest absolute Gasteiger partial charge is 0.173 e. The first-order chi connectivity index (χ1) is 10.2. The maximum Gasteiger partial charge on any atom is 0.173 e. The van der Waals surface area contributed by atoms with Crippen molar-refractivity contribution in [1.29, 1.82) is 0 Å². The van der Waals surface area contributed by atoms with Crippen LogP contribution in [0.5, 0.6) is 11.5 Å². The van der Waals surface area contributed by atoms with Crippen molar-refractivity contribution >= 4 is 0 Å². The summed E-state index contributed by atoms with van der Waals surface area (Å²) in [6, 6.07) is 5.65. The minimum atomic E-state index is 0.0630. The molecular weight excluding hydrogens is 270 g/mol. The van der Waals surface area contributed by atoms with Gasteiger partial charge in [0.1, 0.15) is 0 Å². The van der Waals surface area contributed by atoms with Gasteiger partial charge in [0.05, 0.1) is 25.9 Å². The highest BCUT2D eigenvalue weighted by atomic mass is 16.5. The van der Waals surface area contributed by atoms with Crippen molar-refractivity contribution in [1.82, 2.24) is 25.5 Å². The van der Waals surface area contributed by atoms with Crippen molar-refractivity contribution in [2.45, 2.75) is 26.3 Å². The Balaban J connectivity index is 2.32. The zero-order chi connectivity index (χ0) is 15.2. The summed E-state index contributed by atoms with van der Waals surface area (Å²) in [6.07, 6.45) is 1.06. The van der Waals surface area contributed by atoms with E-state index in [1.54, 1.807) is 18.9 Å². The molecule has 21 heavy (non-hydrogen) atoms. The van der Waals surface area contributed by atoms with Gasteiger partial charge < -0.3 is 14.8 Å². The number of ether oxygens (including phenoxy) is 2. The van der Waals surface area contributed by atoms with Crippen LogP contribution in [0.1, 0.15) is 32.1 Å². The number of hydrogen-bond donors (Lipinski definition) is 1. The van der Waals surface area contributed by atoms with E-state index in [0.717, 1.165) is 24.5 Å². The van der Waals surface area contributed by atoms with E-state index in [0.29, 0.717) is 11.5 Å². The summed E-state index contributed by atoms with van der Waals surface area (Å²) in [5.74, 6) is 2.08. The summed E-state index contributed by atoms with van der Waals surface area (Å²) in [5, 5.41) is 15.3. The molecule has 0 radical (unpaired) electrons. The highest BCUT2D eigenvalue weighted by Gasteiger charge is 2.16. The zero-order valence-electron chi connectivity index (χ0n) is 12.8. The Morgan fingerprint density at radius 1 is 1.24 bits per heavy atom. The molecule has 114 valence electrons. The lowest BCUT2D eigenvalue weighted by Gasteiger charge is -2.14. The average Bonchev–Trinajstić information content (AvgIpc) is 3.01. The van der Waals surface area contributed by atoms with Crippen LogP contribution in [-0.2, 0) is 0 Å². The number of benzene rings is 1. The third-order valence-electron chi connectivity index (χ3n) is 3.19. The van der Waals surface area contributed by atoms with E-state index in [2.05, 4.69) is 27.8 Å². The van der Waals surface area contributed by atoms with Crippen LogP contribution in [0.15, 0.2) is 18.2 Å². The predicted molar refractivity (Wildman–Crippen MR) is 79.0 cm³/mol. The quantitative estimate of drug-likeness (QED) is 0.837. The maximum absolute atomic E-state index is 5.32. The van der Waals surface area contributed by atoms with Gasteiger partial charge in [0.2, 0.25) is 0 Å². The number of tetrazole rings is 1. The first-order valence-electron chi connectivity index (χ1n) is 6.95. The lowest BCUT2D eigenvalue weighted by Crippen LogP contribution is -2.22. The molecule has 0 saturated heterocycles. The summed E-state index contributed by atoms with van der Waals surface area (Å²) in [7, 11) is 3.21. The molecule has 1 heterocycles. The van der Waals surface area contributed by atoms with Crippen LogP contribution in [0.2, 0.25) is 0 Å². The molecule has 7 heteroatoms. The molecule has 0 spiro atoms. The second-order valence-corrected chi connectivity index (χ2v) is 4.66. The lowest BCUT2D eigenvalue weighted by molar-refractivity contribution is 0.354. The van der Waals surface area contributed by atoms with Crippen molar-refractivity contribution in [2.24, 2.45) is 0 Å². The second-order valence-electron chi connectivity index (χ2n) is 4.66. The number of aromatic nitrogens is 4. The van der Waals surface area contributed by atoms with Gasteiger partial charge in [0, 0.05) is 6.07 Å². The monoisotopic (exact) mass is 291 g/mol. The van der Waals surface area contributed by atoms with Crippen molar-refractivity contribution in [3.05, 3.63) is 24.0 Å². The van der Waals surface area contributed by atoms with Gasteiger partial charge in [-0.05, 0) is 42.4 Å². The molecule has 0 aliphatic rings. The van der Waals surface area contributed by atoms with Crippen LogP contribution in [0.4, 0.5) is 0 Å². The van der Waals surface area contributed by atoms with Gasteiger partial charge >= 0.3 is 0 Å². The molecule has 0 aliphatic carbocycles. The number of hydrogen-bond acceptors (Lipinski definition) is 6. The first kappa shape index (κ1) is 15.2. The van der Waals surface area contributed by atoms with Crippen LogP contribution in [0, 0.1) is 0 Å². The van der Waals surface area contributed by atoms with Gasteiger partial charge in [-0.3, -0.25) is 0 Å². The van der Waals surface area contributed by atoms with Gasteiger partial charge in [-0.15, -0.1) is 5.10 Å². The molecule has 0 amide bonds. The van der Waals surface area contributed by atoms with E-state index in [1.807, 2.05) is 25.1 Å². The summed E-state index contributed by atoms with van der Waals surface area (Å²) >= 11 is 0. The highest BCUT2D eigenvalue weighted by molar-refractivity contribution is 5.48. The predicted octanol–water partition coefficient (Wildman–Crippen LogP) is 1.74. The fourth-order valence-corrected chi connectivity index (χ4v) is 2.06. The van der Waals surface area contributed by atoms with Gasteiger partial charge in [-0.1, -0.05) is 6.92 Å². The summed E-state index contributed by atoms with van der Waals surface area (Å²) in [5.41, 5.74) is 0.831. The van der Waals surface area contributed by atoms with Crippen molar-refractivity contribution in [3.8, 4) is 17.2 Å². The van der Waals surface area contributed by atoms with Crippen molar-refractivity contribution < 1.29 is 9.47 Å². The molecule has 1 aromatic heterocycles. The zero-order valence-corrected chi connectivity index (χ0v) is 12.8. The Labute approximate surface area is 124 Å². The molecule has 2 rings (SSSR count). The van der Waals surface area contributed by atoms with Crippen LogP contribution in [-0.4, -0.2) is 41.0 Å². The molecule has 0 fully saturated rings. The molecule has 0 bridgehead atoms.